The van der Waals surface area contributed by atoms with Gasteiger partial charge in [-0.2, -0.15) is 0 Å². The molecule has 0 bridgehead atoms. The van der Waals surface area contributed by atoms with Crippen molar-refractivity contribution in [3.8, 4) is 0 Å². The quantitative estimate of drug-likeness (QED) is 0.447. The van der Waals surface area contributed by atoms with Gasteiger partial charge in [0.2, 0.25) is 5.91 Å². The van der Waals surface area contributed by atoms with E-state index in [2.05, 4.69) is 20.7 Å². The second kappa shape index (κ2) is 5.11. The van der Waals surface area contributed by atoms with Gasteiger partial charge in [-0.1, -0.05) is 0 Å². The van der Waals surface area contributed by atoms with Crippen LogP contribution < -0.4 is 16.6 Å². The largest absolute Gasteiger partial charge is 0.360 e. The van der Waals surface area contributed by atoms with Gasteiger partial charge >= 0.3 is 0 Å². The Kier molecular flexibility index (Phi) is 3.81. The first kappa shape index (κ1) is 11.2. The van der Waals surface area contributed by atoms with Gasteiger partial charge in [0.05, 0.1) is 18.9 Å². The van der Waals surface area contributed by atoms with Crippen LogP contribution in [0.25, 0.3) is 0 Å². The van der Waals surface area contributed by atoms with Crippen LogP contribution >= 0.6 is 0 Å². The Morgan fingerprint density at radius 3 is 2.73 bits per heavy atom. The minimum Gasteiger partial charge on any atom is -0.360 e. The average Bonchev–Trinajstić information content (AvgIpc) is 2.26. The Balaban J connectivity index is 2.54. The van der Waals surface area contributed by atoms with Gasteiger partial charge in [-0.25, -0.2) is 10.8 Å². The average molecular weight is 210 g/mol. The fourth-order valence-corrected chi connectivity index (χ4v) is 0.845. The highest BCUT2D eigenvalue weighted by Crippen LogP contribution is 2.04. The first-order chi connectivity index (χ1) is 7.13. The number of nitrogens with two attached hydrogens (primary N) is 1. The third-order valence-corrected chi connectivity index (χ3v) is 1.70. The molecule has 0 spiro atoms. The van der Waals surface area contributed by atoms with Gasteiger partial charge in [-0.15, -0.1) is 0 Å². The minimum atomic E-state index is -0.0390. The lowest BCUT2D eigenvalue weighted by Crippen LogP contribution is -2.28. The number of nitrogen functional groups attached to an aromatic ring is 1. The Labute approximate surface area is 87.7 Å². The number of anilines is 2. The van der Waals surface area contributed by atoms with Crippen molar-refractivity contribution in [2.45, 2.75) is 0 Å². The van der Waals surface area contributed by atoms with Crippen LogP contribution in [0.5, 0.6) is 0 Å². The first-order valence-corrected chi connectivity index (χ1v) is 4.36. The third kappa shape index (κ3) is 3.39. The van der Waals surface area contributed by atoms with Crippen LogP contribution in [0.15, 0.2) is 12.4 Å². The number of likely N-dealkylation sites (N-methyl/N-ethyl adjacent to an activating group) is 1. The predicted octanol–water partition coefficient (Wildman–Crippen LogP) is -0.738. The maximum Gasteiger partial charge on any atom is 0.241 e. The summed E-state index contributed by atoms with van der Waals surface area (Å²) < 4.78 is 0. The van der Waals surface area contributed by atoms with Gasteiger partial charge in [0.1, 0.15) is 5.82 Å². The van der Waals surface area contributed by atoms with E-state index in [1.165, 1.54) is 17.3 Å². The van der Waals surface area contributed by atoms with Gasteiger partial charge in [0, 0.05) is 14.1 Å². The summed E-state index contributed by atoms with van der Waals surface area (Å²) >= 11 is 0. The number of nitrogens with zero attached hydrogens (tertiary/aromatic N) is 3. The Morgan fingerprint density at radius 1 is 1.47 bits per heavy atom. The SMILES string of the molecule is CN(C)C(=O)CNc1cncc(NN)n1. The number of nitrogens with one attached hydrogen (secondary N) is 2. The van der Waals surface area contributed by atoms with Crippen molar-refractivity contribution in [2.24, 2.45) is 5.84 Å². The smallest absolute Gasteiger partial charge is 0.241 e. The van der Waals surface area contributed by atoms with Gasteiger partial charge in [-0.05, 0) is 0 Å². The van der Waals surface area contributed by atoms with Crippen molar-refractivity contribution in [2.75, 3.05) is 31.4 Å². The zero-order valence-corrected chi connectivity index (χ0v) is 8.69. The van der Waals surface area contributed by atoms with Crippen molar-refractivity contribution in [3.05, 3.63) is 12.4 Å². The van der Waals surface area contributed by atoms with E-state index >= 15 is 0 Å². The summed E-state index contributed by atoms with van der Waals surface area (Å²) in [7, 11) is 3.38. The number of carbonyl (C=O) groups is 1. The number of aromatic nitrogens is 2. The highest BCUT2D eigenvalue weighted by Gasteiger charge is 2.04. The number of hydrazine groups is 1. The maximum atomic E-state index is 11.2. The summed E-state index contributed by atoms with van der Waals surface area (Å²) in [6.45, 7) is 0.176. The number of hydrogen-bond acceptors (Lipinski definition) is 6. The Bertz CT molecular complexity index is 340. The fourth-order valence-electron chi connectivity index (χ4n) is 0.845. The normalized spacial score (nSPS) is 9.53. The molecule has 1 aromatic rings. The molecule has 1 aromatic heterocycles. The monoisotopic (exact) mass is 210 g/mol. The van der Waals surface area contributed by atoms with E-state index in [4.69, 9.17) is 5.84 Å². The number of hydrogen-bond donors (Lipinski definition) is 3. The maximum absolute atomic E-state index is 11.2. The molecule has 0 saturated carbocycles. The van der Waals surface area contributed by atoms with Crippen molar-refractivity contribution in [3.63, 3.8) is 0 Å². The molecule has 0 atom stereocenters. The van der Waals surface area contributed by atoms with Crippen LogP contribution in [0.2, 0.25) is 0 Å². The molecule has 0 aromatic carbocycles. The van der Waals surface area contributed by atoms with Crippen LogP contribution in [0.4, 0.5) is 11.6 Å². The molecule has 82 valence electrons. The van der Waals surface area contributed by atoms with E-state index in [1.807, 2.05) is 0 Å². The zero-order chi connectivity index (χ0) is 11.3. The molecule has 0 radical (unpaired) electrons. The molecule has 0 fully saturated rings. The summed E-state index contributed by atoms with van der Waals surface area (Å²) in [5.74, 6) is 6.07. The molecule has 0 aliphatic heterocycles. The molecule has 0 saturated heterocycles. The minimum absolute atomic E-state index is 0.0390. The molecule has 1 amide bonds. The molecule has 0 unspecified atom stereocenters. The molecule has 1 rings (SSSR count). The molecule has 7 nitrogen and oxygen atoms in total. The van der Waals surface area contributed by atoms with E-state index in [9.17, 15) is 4.79 Å². The second-order valence-corrected chi connectivity index (χ2v) is 3.08. The molecule has 0 aliphatic carbocycles. The fraction of sp³-hybridized carbons (Fsp3) is 0.375. The lowest BCUT2D eigenvalue weighted by molar-refractivity contribution is -0.126. The van der Waals surface area contributed by atoms with Gasteiger partial charge in [0.25, 0.3) is 0 Å². The second-order valence-electron chi connectivity index (χ2n) is 3.08. The standard InChI is InChI=1S/C8H14N6O/c1-14(2)8(15)5-11-6-3-10-4-7(12-6)13-9/h3-4H,5,9H2,1-2H3,(H2,11,12,13). The van der Waals surface area contributed by atoms with Gasteiger partial charge in [-0.3, -0.25) is 9.78 Å². The summed E-state index contributed by atoms with van der Waals surface area (Å²) in [4.78, 5) is 20.7. The lowest BCUT2D eigenvalue weighted by atomic mass is 10.5. The number of carbonyl (C=O) groups excluding carboxylic acids is 1. The van der Waals surface area contributed by atoms with Gasteiger partial charge in [0.15, 0.2) is 5.82 Å². The summed E-state index contributed by atoms with van der Waals surface area (Å²) in [6.07, 6.45) is 3.00. The molecule has 1 heterocycles. The third-order valence-electron chi connectivity index (χ3n) is 1.70. The van der Waals surface area contributed by atoms with E-state index in [-0.39, 0.29) is 12.5 Å². The molecular formula is C8H14N6O. The highest BCUT2D eigenvalue weighted by molar-refractivity contribution is 5.80. The highest BCUT2D eigenvalue weighted by atomic mass is 16.2. The molecule has 15 heavy (non-hydrogen) atoms. The summed E-state index contributed by atoms with van der Waals surface area (Å²) in [5, 5.41) is 2.84. The molecule has 0 aliphatic rings. The molecular weight excluding hydrogens is 196 g/mol. The van der Waals surface area contributed by atoms with Crippen LogP contribution in [-0.4, -0.2) is 41.4 Å². The van der Waals surface area contributed by atoms with Crippen LogP contribution in [0, 0.1) is 0 Å². The van der Waals surface area contributed by atoms with Crippen molar-refractivity contribution < 1.29 is 4.79 Å². The van der Waals surface area contributed by atoms with E-state index < -0.39 is 0 Å². The van der Waals surface area contributed by atoms with E-state index in [1.54, 1.807) is 14.1 Å². The Morgan fingerprint density at radius 2 is 2.13 bits per heavy atom. The van der Waals surface area contributed by atoms with E-state index in [0.29, 0.717) is 11.6 Å². The zero-order valence-electron chi connectivity index (χ0n) is 8.69. The predicted molar refractivity (Wildman–Crippen MR) is 57.0 cm³/mol. The van der Waals surface area contributed by atoms with E-state index in [0.717, 1.165) is 0 Å². The number of rotatable bonds is 4. The molecule has 4 N–H and O–H groups in total. The van der Waals surface area contributed by atoms with Crippen molar-refractivity contribution >= 4 is 17.5 Å². The first-order valence-electron chi connectivity index (χ1n) is 4.36. The van der Waals surface area contributed by atoms with Crippen LogP contribution in [0.3, 0.4) is 0 Å². The summed E-state index contributed by atoms with van der Waals surface area (Å²) in [5.41, 5.74) is 2.37. The molecule has 7 heteroatoms. The number of amides is 1. The van der Waals surface area contributed by atoms with Crippen LogP contribution in [-0.2, 0) is 4.79 Å². The van der Waals surface area contributed by atoms with Crippen LogP contribution in [0.1, 0.15) is 0 Å². The van der Waals surface area contributed by atoms with Gasteiger partial charge < -0.3 is 15.6 Å². The van der Waals surface area contributed by atoms with Crippen molar-refractivity contribution in [1.29, 1.82) is 0 Å². The summed E-state index contributed by atoms with van der Waals surface area (Å²) in [6, 6.07) is 0. The topological polar surface area (TPSA) is 96.2 Å². The van der Waals surface area contributed by atoms with Crippen molar-refractivity contribution in [1.82, 2.24) is 14.9 Å². The Hall–Kier alpha value is -1.89. The lowest BCUT2D eigenvalue weighted by Gasteiger charge is -2.11.